The van der Waals surface area contributed by atoms with Gasteiger partial charge in [0.1, 0.15) is 5.82 Å². The van der Waals surface area contributed by atoms with Crippen LogP contribution in [-0.2, 0) is 0 Å². The molecular weight excluding hydrogens is 337 g/mol. The van der Waals surface area contributed by atoms with Gasteiger partial charge in [-0.2, -0.15) is 5.10 Å². The molecule has 0 saturated heterocycles. The van der Waals surface area contributed by atoms with Gasteiger partial charge in [0, 0.05) is 30.1 Å². The molecule has 1 aliphatic rings. The van der Waals surface area contributed by atoms with E-state index in [0.29, 0.717) is 5.41 Å². The Morgan fingerprint density at radius 3 is 2.52 bits per heavy atom. The molecule has 146 valence electrons. The molecule has 1 fully saturated rings. The first-order valence-corrected chi connectivity index (χ1v) is 9.53. The van der Waals surface area contributed by atoms with E-state index >= 15 is 0 Å². The molecule has 0 bridgehead atoms. The van der Waals surface area contributed by atoms with E-state index in [-0.39, 0.29) is 11.7 Å². The molecule has 1 saturated carbocycles. The van der Waals surface area contributed by atoms with Gasteiger partial charge in [-0.05, 0) is 61.3 Å². The predicted octanol–water partition coefficient (Wildman–Crippen LogP) is 5.65. The van der Waals surface area contributed by atoms with Crippen LogP contribution in [0.2, 0.25) is 0 Å². The zero-order valence-electron chi connectivity index (χ0n) is 17.0. The number of hydrogen-bond acceptors (Lipinski definition) is 3. The summed E-state index contributed by atoms with van der Waals surface area (Å²) in [5.41, 5.74) is 8.08. The summed E-state index contributed by atoms with van der Waals surface area (Å²) in [4.78, 5) is 0. The average molecular weight is 370 g/mol. The van der Waals surface area contributed by atoms with Gasteiger partial charge in [-0.25, -0.2) is 4.39 Å². The maximum atomic E-state index is 13.7. The van der Waals surface area contributed by atoms with Crippen LogP contribution < -0.4 is 10.7 Å². The Hall–Kier alpha value is -2.36. The van der Waals surface area contributed by atoms with Crippen LogP contribution in [0.3, 0.4) is 0 Å². The van der Waals surface area contributed by atoms with Gasteiger partial charge in [0.05, 0.1) is 0 Å². The highest BCUT2D eigenvalue weighted by atomic mass is 19.1. The Morgan fingerprint density at radius 1 is 1.26 bits per heavy atom. The van der Waals surface area contributed by atoms with Gasteiger partial charge in [-0.3, -0.25) is 5.43 Å². The van der Waals surface area contributed by atoms with Gasteiger partial charge < -0.3 is 5.32 Å². The van der Waals surface area contributed by atoms with Crippen molar-refractivity contribution in [2.75, 3.05) is 7.05 Å². The summed E-state index contributed by atoms with van der Waals surface area (Å²) < 4.78 is 13.7. The molecule has 4 heteroatoms. The smallest absolute Gasteiger partial charge is 0.123 e. The second-order valence-electron chi connectivity index (χ2n) is 8.09. The highest BCUT2D eigenvalue weighted by Crippen LogP contribution is 2.34. The molecule has 1 aliphatic carbocycles. The molecule has 1 atom stereocenters. The van der Waals surface area contributed by atoms with Crippen LogP contribution in [-0.4, -0.2) is 12.8 Å². The number of benzene rings is 1. The summed E-state index contributed by atoms with van der Waals surface area (Å²) in [6, 6.07) is 6.60. The first-order chi connectivity index (χ1) is 12.7. The minimum atomic E-state index is -0.260. The van der Waals surface area contributed by atoms with Crippen molar-refractivity contribution in [1.29, 1.82) is 0 Å². The highest BCUT2D eigenvalue weighted by molar-refractivity contribution is 5.85. The first-order valence-electron chi connectivity index (χ1n) is 9.53. The molecule has 1 aromatic rings. The number of halogens is 1. The molecule has 0 aliphatic heterocycles. The Labute approximate surface area is 163 Å². The lowest BCUT2D eigenvalue weighted by Gasteiger charge is -2.29. The first kappa shape index (κ1) is 20.9. The fourth-order valence-electron chi connectivity index (χ4n) is 3.23. The molecule has 0 radical (unpaired) electrons. The number of nitrogens with zero attached hydrogens (tertiary/aromatic N) is 1. The largest absolute Gasteiger partial charge is 0.388 e. The predicted molar refractivity (Wildman–Crippen MR) is 113 cm³/mol. The zero-order chi connectivity index (χ0) is 20.0. The molecular formula is C23H32FN3. The number of allylic oxidation sites excluding steroid dienone is 3. The average Bonchev–Trinajstić information content (AvgIpc) is 2.64. The summed E-state index contributed by atoms with van der Waals surface area (Å²) in [5.74, 6) is -0.442. The molecule has 27 heavy (non-hydrogen) atoms. The summed E-state index contributed by atoms with van der Waals surface area (Å²) in [5, 5.41) is 7.62. The minimum Gasteiger partial charge on any atom is -0.388 e. The van der Waals surface area contributed by atoms with Gasteiger partial charge in [-0.1, -0.05) is 45.2 Å². The summed E-state index contributed by atoms with van der Waals surface area (Å²) >= 11 is 0. The number of hydrazone groups is 1. The zero-order valence-corrected chi connectivity index (χ0v) is 17.0. The number of nitrogens with one attached hydrogen (secondary N) is 2. The number of rotatable bonds is 7. The van der Waals surface area contributed by atoms with E-state index in [1.165, 1.54) is 30.7 Å². The molecule has 0 heterocycles. The Kier molecular flexibility index (Phi) is 7.00. The third kappa shape index (κ3) is 6.09. The van der Waals surface area contributed by atoms with Gasteiger partial charge >= 0.3 is 0 Å². The van der Waals surface area contributed by atoms with Crippen molar-refractivity contribution in [1.82, 2.24) is 10.7 Å². The summed E-state index contributed by atoms with van der Waals surface area (Å²) in [6.45, 7) is 14.8. The van der Waals surface area contributed by atoms with E-state index < -0.39 is 0 Å². The lowest BCUT2D eigenvalue weighted by Crippen LogP contribution is -2.22. The van der Waals surface area contributed by atoms with Crippen molar-refractivity contribution in [3.05, 3.63) is 71.8 Å². The third-order valence-corrected chi connectivity index (χ3v) is 5.26. The maximum absolute atomic E-state index is 13.7. The summed E-state index contributed by atoms with van der Waals surface area (Å²) in [6.07, 6.45) is 6.42. The standard InChI is InChI=1S/C23H32FN3/c1-16(26-27-21-10-12-23(4,5)13-11-21)14-22(17(2)18(3)25-6)19-8-7-9-20(24)15-19/h7-9,14-15,22,25-26H,2-3,10-13H2,1,4-6H3/b16-14-. The monoisotopic (exact) mass is 369 g/mol. The molecule has 3 nitrogen and oxygen atoms in total. The van der Waals surface area contributed by atoms with E-state index in [0.717, 1.165) is 35.4 Å². The number of likely N-dealkylation sites (N-methyl/N-ethyl adjacent to an activating group) is 1. The minimum absolute atomic E-state index is 0.182. The van der Waals surface area contributed by atoms with Crippen LogP contribution in [0.4, 0.5) is 4.39 Å². The van der Waals surface area contributed by atoms with Crippen molar-refractivity contribution in [2.45, 2.75) is 52.4 Å². The molecule has 0 aromatic heterocycles. The van der Waals surface area contributed by atoms with Crippen molar-refractivity contribution >= 4 is 5.71 Å². The van der Waals surface area contributed by atoms with Crippen LogP contribution in [0.1, 0.15) is 57.9 Å². The normalized spacial score (nSPS) is 17.8. The van der Waals surface area contributed by atoms with Crippen molar-refractivity contribution < 1.29 is 4.39 Å². The second kappa shape index (κ2) is 9.03. The third-order valence-electron chi connectivity index (χ3n) is 5.26. The molecule has 0 amide bonds. The molecule has 2 N–H and O–H groups in total. The molecule has 2 rings (SSSR count). The highest BCUT2D eigenvalue weighted by Gasteiger charge is 2.24. The van der Waals surface area contributed by atoms with Crippen molar-refractivity contribution in [3.63, 3.8) is 0 Å². The lowest BCUT2D eigenvalue weighted by atomic mass is 9.77. The molecule has 1 unspecified atom stereocenters. The summed E-state index contributed by atoms with van der Waals surface area (Å²) in [7, 11) is 1.81. The fourth-order valence-corrected chi connectivity index (χ4v) is 3.23. The Morgan fingerprint density at radius 2 is 1.93 bits per heavy atom. The van der Waals surface area contributed by atoms with Crippen LogP contribution in [0, 0.1) is 11.2 Å². The van der Waals surface area contributed by atoms with Gasteiger partial charge in [0.2, 0.25) is 0 Å². The van der Waals surface area contributed by atoms with Crippen LogP contribution in [0.15, 0.2) is 65.6 Å². The molecule has 0 spiro atoms. The van der Waals surface area contributed by atoms with E-state index in [2.05, 4.69) is 42.8 Å². The topological polar surface area (TPSA) is 36.4 Å². The maximum Gasteiger partial charge on any atom is 0.123 e. The van der Waals surface area contributed by atoms with Gasteiger partial charge in [0.25, 0.3) is 0 Å². The van der Waals surface area contributed by atoms with Crippen LogP contribution >= 0.6 is 0 Å². The van der Waals surface area contributed by atoms with Crippen LogP contribution in [0.5, 0.6) is 0 Å². The lowest BCUT2D eigenvalue weighted by molar-refractivity contribution is 0.301. The molecule has 1 aromatic carbocycles. The van der Waals surface area contributed by atoms with Gasteiger partial charge in [0.15, 0.2) is 0 Å². The SMILES string of the molecule is C=C(NC)C(=C)C(/C=C(/C)NN=C1CCC(C)(C)CC1)c1cccc(F)c1. The quantitative estimate of drug-likeness (QED) is 0.481. The van der Waals surface area contributed by atoms with Crippen molar-refractivity contribution in [2.24, 2.45) is 10.5 Å². The van der Waals surface area contributed by atoms with E-state index in [1.807, 2.05) is 26.1 Å². The van der Waals surface area contributed by atoms with E-state index in [4.69, 9.17) is 0 Å². The van der Waals surface area contributed by atoms with E-state index in [9.17, 15) is 4.39 Å². The number of hydrogen-bond donors (Lipinski definition) is 2. The Bertz CT molecular complexity index is 747. The van der Waals surface area contributed by atoms with Crippen molar-refractivity contribution in [3.8, 4) is 0 Å². The second-order valence-corrected chi connectivity index (χ2v) is 8.09. The Balaban J connectivity index is 2.18. The fraction of sp³-hybridized carbons (Fsp3) is 0.435. The van der Waals surface area contributed by atoms with Crippen LogP contribution in [0.25, 0.3) is 0 Å². The van der Waals surface area contributed by atoms with E-state index in [1.54, 1.807) is 6.07 Å². The van der Waals surface area contributed by atoms with Gasteiger partial charge in [-0.15, -0.1) is 0 Å².